The van der Waals surface area contributed by atoms with Crippen LogP contribution in [0.5, 0.6) is 5.75 Å². The first kappa shape index (κ1) is 16.3. The van der Waals surface area contributed by atoms with Crippen LogP contribution in [0.4, 0.5) is 17.3 Å². The van der Waals surface area contributed by atoms with Gasteiger partial charge in [0, 0.05) is 11.9 Å². The molecule has 0 radical (unpaired) electrons. The number of hydrogen-bond acceptors (Lipinski definition) is 5. The number of aromatic nitrogens is 2. The lowest BCUT2D eigenvalue weighted by Gasteiger charge is -2.06. The third kappa shape index (κ3) is 3.85. The van der Waals surface area contributed by atoms with Crippen molar-refractivity contribution in [2.45, 2.75) is 13.8 Å². The van der Waals surface area contributed by atoms with Crippen LogP contribution in [-0.2, 0) is 0 Å². The second-order valence-electron chi connectivity index (χ2n) is 5.76. The fourth-order valence-electron chi connectivity index (χ4n) is 2.51. The zero-order chi connectivity index (χ0) is 17.8. The van der Waals surface area contributed by atoms with Crippen molar-refractivity contribution in [3.05, 3.63) is 64.7 Å². The standard InChI is InChI=1S/C19H17N5O/c1-12-7-13(2)9-15(8-12)22-19-17(10-20)18(23-24-19)21-11-14-3-5-16(25)6-4-14/h3-9,11,25H,1-2H3,(H2,22,23,24). The van der Waals surface area contributed by atoms with Crippen molar-refractivity contribution in [2.24, 2.45) is 4.99 Å². The number of hydrogen-bond donors (Lipinski definition) is 3. The first-order chi connectivity index (χ1) is 12.0. The van der Waals surface area contributed by atoms with Gasteiger partial charge in [0.1, 0.15) is 23.2 Å². The molecule has 2 aromatic carbocycles. The van der Waals surface area contributed by atoms with E-state index in [9.17, 15) is 10.4 Å². The summed E-state index contributed by atoms with van der Waals surface area (Å²) in [6.45, 7) is 4.04. The number of phenols is 1. The summed E-state index contributed by atoms with van der Waals surface area (Å²) in [7, 11) is 0. The number of aromatic hydroxyl groups is 1. The lowest BCUT2D eigenvalue weighted by atomic mass is 10.1. The fourth-order valence-corrected chi connectivity index (χ4v) is 2.51. The molecule has 0 bridgehead atoms. The van der Waals surface area contributed by atoms with Gasteiger partial charge in [-0.1, -0.05) is 6.07 Å². The molecule has 25 heavy (non-hydrogen) atoms. The molecule has 0 fully saturated rings. The maximum atomic E-state index is 9.45. The molecule has 6 heteroatoms. The van der Waals surface area contributed by atoms with E-state index < -0.39 is 0 Å². The molecule has 3 aromatic rings. The highest BCUT2D eigenvalue weighted by Gasteiger charge is 2.12. The van der Waals surface area contributed by atoms with E-state index in [-0.39, 0.29) is 5.75 Å². The monoisotopic (exact) mass is 331 g/mol. The molecular formula is C19H17N5O. The van der Waals surface area contributed by atoms with Crippen molar-refractivity contribution < 1.29 is 5.11 Å². The quantitative estimate of drug-likeness (QED) is 0.627. The molecule has 124 valence electrons. The predicted molar refractivity (Wildman–Crippen MR) is 97.9 cm³/mol. The molecule has 6 nitrogen and oxygen atoms in total. The summed E-state index contributed by atoms with van der Waals surface area (Å²) in [5, 5.41) is 28.9. The van der Waals surface area contributed by atoms with Gasteiger partial charge in [0.05, 0.1) is 0 Å². The summed E-state index contributed by atoms with van der Waals surface area (Å²) in [4.78, 5) is 4.26. The minimum atomic E-state index is 0.189. The Hall–Kier alpha value is -3.59. The van der Waals surface area contributed by atoms with Gasteiger partial charge in [-0.15, -0.1) is 0 Å². The van der Waals surface area contributed by atoms with E-state index in [1.54, 1.807) is 30.5 Å². The second-order valence-corrected chi connectivity index (χ2v) is 5.76. The summed E-state index contributed by atoms with van der Waals surface area (Å²) in [5.74, 6) is 1.00. The largest absolute Gasteiger partial charge is 0.508 e. The summed E-state index contributed by atoms with van der Waals surface area (Å²) >= 11 is 0. The molecule has 3 rings (SSSR count). The van der Waals surface area contributed by atoms with Gasteiger partial charge >= 0.3 is 0 Å². The van der Waals surface area contributed by atoms with Crippen LogP contribution >= 0.6 is 0 Å². The molecule has 0 saturated heterocycles. The number of aliphatic imine (C=N–C) groups is 1. The highest BCUT2D eigenvalue weighted by molar-refractivity contribution is 5.83. The van der Waals surface area contributed by atoms with E-state index in [1.807, 2.05) is 26.0 Å². The molecule has 0 aliphatic rings. The van der Waals surface area contributed by atoms with Crippen molar-refractivity contribution in [3.8, 4) is 11.8 Å². The molecule has 0 atom stereocenters. The second kappa shape index (κ2) is 6.89. The maximum Gasteiger partial charge on any atom is 0.193 e. The number of rotatable bonds is 4. The average Bonchev–Trinajstić information content (AvgIpc) is 2.95. The van der Waals surface area contributed by atoms with Crippen LogP contribution in [0.25, 0.3) is 0 Å². The van der Waals surface area contributed by atoms with Gasteiger partial charge in [-0.05, 0) is 66.9 Å². The molecule has 0 spiro atoms. The zero-order valence-electron chi connectivity index (χ0n) is 13.9. The topological polar surface area (TPSA) is 97.1 Å². The number of benzene rings is 2. The van der Waals surface area contributed by atoms with Crippen LogP contribution < -0.4 is 5.32 Å². The zero-order valence-corrected chi connectivity index (χ0v) is 13.9. The molecule has 0 aliphatic carbocycles. The van der Waals surface area contributed by atoms with E-state index in [4.69, 9.17) is 0 Å². The minimum absolute atomic E-state index is 0.189. The van der Waals surface area contributed by atoms with Crippen molar-refractivity contribution in [1.82, 2.24) is 10.2 Å². The number of nitrogens with one attached hydrogen (secondary N) is 2. The normalized spacial score (nSPS) is 10.8. The summed E-state index contributed by atoms with van der Waals surface area (Å²) in [6, 6.07) is 14.8. The van der Waals surface area contributed by atoms with Gasteiger partial charge in [0.2, 0.25) is 0 Å². The van der Waals surface area contributed by atoms with Crippen LogP contribution in [0.15, 0.2) is 47.5 Å². The van der Waals surface area contributed by atoms with Crippen molar-refractivity contribution in [1.29, 1.82) is 5.26 Å². The highest BCUT2D eigenvalue weighted by Crippen LogP contribution is 2.26. The number of aryl methyl sites for hydroxylation is 2. The van der Waals surface area contributed by atoms with Crippen LogP contribution in [-0.4, -0.2) is 21.5 Å². The minimum Gasteiger partial charge on any atom is -0.508 e. The number of nitriles is 1. The van der Waals surface area contributed by atoms with E-state index in [2.05, 4.69) is 32.6 Å². The highest BCUT2D eigenvalue weighted by atomic mass is 16.3. The summed E-state index contributed by atoms with van der Waals surface area (Å²) < 4.78 is 0. The molecule has 0 unspecified atom stereocenters. The molecular weight excluding hydrogens is 314 g/mol. The Morgan fingerprint density at radius 2 is 1.84 bits per heavy atom. The smallest absolute Gasteiger partial charge is 0.193 e. The van der Waals surface area contributed by atoms with E-state index in [0.717, 1.165) is 22.4 Å². The average molecular weight is 331 g/mol. The Morgan fingerprint density at radius 1 is 1.16 bits per heavy atom. The number of anilines is 2. The van der Waals surface area contributed by atoms with Crippen LogP contribution in [0.3, 0.4) is 0 Å². The lowest BCUT2D eigenvalue weighted by Crippen LogP contribution is -1.94. The fraction of sp³-hybridized carbons (Fsp3) is 0.105. The Bertz CT molecular complexity index is 944. The predicted octanol–water partition coefficient (Wildman–Crippen LogP) is 4.10. The van der Waals surface area contributed by atoms with E-state index in [1.165, 1.54) is 0 Å². The maximum absolute atomic E-state index is 9.45. The van der Waals surface area contributed by atoms with Crippen LogP contribution in [0, 0.1) is 25.2 Å². The van der Waals surface area contributed by atoms with Crippen LogP contribution in [0.1, 0.15) is 22.3 Å². The number of phenolic OH excluding ortho intramolecular Hbond substituents is 1. The Morgan fingerprint density at radius 3 is 2.48 bits per heavy atom. The Balaban J connectivity index is 1.86. The van der Waals surface area contributed by atoms with Crippen molar-refractivity contribution >= 4 is 23.5 Å². The SMILES string of the molecule is Cc1cc(C)cc(Nc2[nH]nc(N=Cc3ccc(O)cc3)c2C#N)c1. The van der Waals surface area contributed by atoms with E-state index >= 15 is 0 Å². The number of H-pyrrole nitrogens is 1. The van der Waals surface area contributed by atoms with Crippen molar-refractivity contribution in [3.63, 3.8) is 0 Å². The molecule has 1 heterocycles. The first-order valence-electron chi connectivity index (χ1n) is 7.72. The third-order valence-electron chi connectivity index (χ3n) is 3.58. The van der Waals surface area contributed by atoms with Gasteiger partial charge in [-0.3, -0.25) is 5.10 Å². The van der Waals surface area contributed by atoms with Crippen molar-refractivity contribution in [2.75, 3.05) is 5.32 Å². The Kier molecular flexibility index (Phi) is 4.48. The molecule has 0 aliphatic heterocycles. The number of nitrogens with zero attached hydrogens (tertiary/aromatic N) is 3. The van der Waals surface area contributed by atoms with Gasteiger partial charge in [-0.25, -0.2) is 4.99 Å². The van der Waals surface area contributed by atoms with E-state index in [0.29, 0.717) is 17.2 Å². The lowest BCUT2D eigenvalue weighted by molar-refractivity contribution is 0.475. The molecule has 3 N–H and O–H groups in total. The molecule has 0 saturated carbocycles. The molecule has 1 aromatic heterocycles. The first-order valence-corrected chi connectivity index (χ1v) is 7.72. The van der Waals surface area contributed by atoms with Crippen LogP contribution in [0.2, 0.25) is 0 Å². The number of aromatic amines is 1. The van der Waals surface area contributed by atoms with Gasteiger partial charge in [0.25, 0.3) is 0 Å². The summed E-state index contributed by atoms with van der Waals surface area (Å²) in [6.07, 6.45) is 1.59. The van der Waals surface area contributed by atoms with Gasteiger partial charge < -0.3 is 10.4 Å². The van der Waals surface area contributed by atoms with Gasteiger partial charge in [0.15, 0.2) is 5.82 Å². The molecule has 0 amide bonds. The Labute approximate surface area is 145 Å². The third-order valence-corrected chi connectivity index (χ3v) is 3.58. The summed E-state index contributed by atoms with van der Waals surface area (Å²) in [5.41, 5.74) is 4.28. The van der Waals surface area contributed by atoms with Gasteiger partial charge in [-0.2, -0.15) is 10.4 Å².